The first kappa shape index (κ1) is 20.2. The van der Waals surface area contributed by atoms with Crippen LogP contribution in [0.15, 0.2) is 42.5 Å². The Labute approximate surface area is 166 Å². The van der Waals surface area contributed by atoms with Gasteiger partial charge in [0.25, 0.3) is 11.6 Å². The molecule has 0 bridgehead atoms. The molecular weight excluding hydrogens is 381 g/mol. The Morgan fingerprint density at radius 1 is 1.17 bits per heavy atom. The number of amides is 1. The summed E-state index contributed by atoms with van der Waals surface area (Å²) in [5.74, 6) is -1.89. The number of nitro groups is 1. The fraction of sp³-hybridized carbons (Fsp3) is 0.300. The van der Waals surface area contributed by atoms with Gasteiger partial charge in [0.15, 0.2) is 6.10 Å². The highest BCUT2D eigenvalue weighted by atomic mass is 19.1. The van der Waals surface area contributed by atoms with Crippen molar-refractivity contribution in [2.24, 2.45) is 0 Å². The smallest absolute Gasteiger partial charge is 0.339 e. The molecular formula is C20H20FN3O5. The number of rotatable bonds is 6. The zero-order valence-electron chi connectivity index (χ0n) is 15.8. The van der Waals surface area contributed by atoms with Crippen LogP contribution in [0, 0.1) is 15.9 Å². The quantitative estimate of drug-likeness (QED) is 0.451. The standard InChI is InChI=1S/C20H20FN3O5/c1-13(19(25)22-16-7-5-15(21)6-8-16)29-20(26)14-4-9-17(18(12-14)24(27)28)23-10-2-3-11-23/h4-9,12-13H,2-3,10-11H2,1H3,(H,22,25). The van der Waals surface area contributed by atoms with Gasteiger partial charge in [-0.3, -0.25) is 14.9 Å². The molecule has 1 fully saturated rings. The van der Waals surface area contributed by atoms with Gasteiger partial charge in [-0.25, -0.2) is 9.18 Å². The van der Waals surface area contributed by atoms with Gasteiger partial charge >= 0.3 is 5.97 Å². The zero-order valence-corrected chi connectivity index (χ0v) is 15.8. The first-order valence-electron chi connectivity index (χ1n) is 9.16. The molecule has 1 saturated heterocycles. The Kier molecular flexibility index (Phi) is 6.06. The Bertz CT molecular complexity index is 926. The molecule has 1 aliphatic heterocycles. The van der Waals surface area contributed by atoms with Crippen LogP contribution in [0.2, 0.25) is 0 Å². The van der Waals surface area contributed by atoms with Crippen molar-refractivity contribution in [1.82, 2.24) is 0 Å². The maximum absolute atomic E-state index is 12.9. The lowest BCUT2D eigenvalue weighted by Gasteiger charge is -2.18. The van der Waals surface area contributed by atoms with Crippen LogP contribution in [0.1, 0.15) is 30.1 Å². The van der Waals surface area contributed by atoms with Crippen molar-refractivity contribution >= 4 is 28.9 Å². The molecule has 1 N–H and O–H groups in total. The number of esters is 1. The Morgan fingerprint density at radius 3 is 2.45 bits per heavy atom. The highest BCUT2D eigenvalue weighted by Crippen LogP contribution is 2.32. The van der Waals surface area contributed by atoms with Gasteiger partial charge in [0.1, 0.15) is 11.5 Å². The van der Waals surface area contributed by atoms with Crippen molar-refractivity contribution < 1.29 is 23.6 Å². The zero-order chi connectivity index (χ0) is 21.0. The van der Waals surface area contributed by atoms with Crippen LogP contribution in [0.5, 0.6) is 0 Å². The van der Waals surface area contributed by atoms with Crippen LogP contribution >= 0.6 is 0 Å². The monoisotopic (exact) mass is 401 g/mol. The van der Waals surface area contributed by atoms with E-state index in [1.807, 2.05) is 4.90 Å². The summed E-state index contributed by atoms with van der Waals surface area (Å²) in [6.45, 7) is 2.83. The summed E-state index contributed by atoms with van der Waals surface area (Å²) < 4.78 is 18.1. The molecule has 3 rings (SSSR count). The predicted octanol–water partition coefficient (Wildman–Crippen LogP) is 3.52. The van der Waals surface area contributed by atoms with E-state index in [-0.39, 0.29) is 11.3 Å². The Hall–Kier alpha value is -3.49. The normalized spacial score (nSPS) is 14.3. The first-order chi connectivity index (χ1) is 13.8. The molecule has 29 heavy (non-hydrogen) atoms. The molecule has 0 saturated carbocycles. The van der Waals surface area contributed by atoms with E-state index in [0.29, 0.717) is 11.4 Å². The van der Waals surface area contributed by atoms with Crippen LogP contribution in [0.4, 0.5) is 21.5 Å². The molecule has 1 unspecified atom stereocenters. The van der Waals surface area contributed by atoms with Gasteiger partial charge in [-0.15, -0.1) is 0 Å². The molecule has 2 aromatic rings. The summed E-state index contributed by atoms with van der Waals surface area (Å²) in [6, 6.07) is 9.28. The average molecular weight is 401 g/mol. The number of nitro benzene ring substituents is 1. The summed E-state index contributed by atoms with van der Waals surface area (Å²) in [4.78, 5) is 37.4. The molecule has 0 spiro atoms. The summed E-state index contributed by atoms with van der Waals surface area (Å²) in [5, 5.41) is 14.0. The van der Waals surface area contributed by atoms with Crippen LogP contribution < -0.4 is 10.2 Å². The van der Waals surface area contributed by atoms with E-state index < -0.39 is 28.7 Å². The molecule has 2 aromatic carbocycles. The summed E-state index contributed by atoms with van der Waals surface area (Å²) in [7, 11) is 0. The average Bonchev–Trinajstić information content (AvgIpc) is 3.23. The maximum atomic E-state index is 12.9. The second-order valence-electron chi connectivity index (χ2n) is 6.70. The molecule has 1 amide bonds. The molecule has 152 valence electrons. The summed E-state index contributed by atoms with van der Waals surface area (Å²) >= 11 is 0. The number of nitrogens with zero attached hydrogens (tertiary/aromatic N) is 2. The van der Waals surface area contributed by atoms with Crippen molar-refractivity contribution in [1.29, 1.82) is 0 Å². The molecule has 0 aliphatic carbocycles. The molecule has 0 radical (unpaired) electrons. The fourth-order valence-corrected chi connectivity index (χ4v) is 3.08. The van der Waals surface area contributed by atoms with Crippen LogP contribution in [0.3, 0.4) is 0 Å². The SMILES string of the molecule is CC(OC(=O)c1ccc(N2CCCC2)c([N+](=O)[O-])c1)C(=O)Nc1ccc(F)cc1. The van der Waals surface area contributed by atoms with E-state index in [1.54, 1.807) is 0 Å². The van der Waals surface area contributed by atoms with E-state index in [9.17, 15) is 24.1 Å². The second-order valence-corrected chi connectivity index (χ2v) is 6.70. The molecule has 1 atom stereocenters. The van der Waals surface area contributed by atoms with Crippen LogP contribution in [-0.4, -0.2) is 36.0 Å². The van der Waals surface area contributed by atoms with Gasteiger partial charge in [-0.2, -0.15) is 0 Å². The van der Waals surface area contributed by atoms with E-state index in [0.717, 1.165) is 25.9 Å². The van der Waals surface area contributed by atoms with Crippen LogP contribution in [0.25, 0.3) is 0 Å². The number of carbonyl (C=O) groups excluding carboxylic acids is 2. The van der Waals surface area contributed by atoms with E-state index in [2.05, 4.69) is 5.32 Å². The van der Waals surface area contributed by atoms with Crippen molar-refractivity contribution in [2.45, 2.75) is 25.9 Å². The number of benzene rings is 2. The predicted molar refractivity (Wildman–Crippen MR) is 104 cm³/mol. The molecule has 1 heterocycles. The highest BCUT2D eigenvalue weighted by molar-refractivity contribution is 5.97. The van der Waals surface area contributed by atoms with Crippen molar-refractivity contribution in [3.05, 3.63) is 64.0 Å². The van der Waals surface area contributed by atoms with Crippen molar-refractivity contribution in [3.8, 4) is 0 Å². The number of nitrogens with one attached hydrogen (secondary N) is 1. The molecule has 8 nitrogen and oxygen atoms in total. The third kappa shape index (κ3) is 4.87. The summed E-state index contributed by atoms with van der Waals surface area (Å²) in [5.41, 5.74) is 0.627. The minimum Gasteiger partial charge on any atom is -0.449 e. The Balaban J connectivity index is 1.69. The number of ether oxygens (including phenoxy) is 1. The largest absolute Gasteiger partial charge is 0.449 e. The van der Waals surface area contributed by atoms with Gasteiger partial charge in [0, 0.05) is 24.8 Å². The van der Waals surface area contributed by atoms with Gasteiger partial charge in [-0.1, -0.05) is 0 Å². The minimum atomic E-state index is -1.15. The van der Waals surface area contributed by atoms with Gasteiger partial charge in [-0.05, 0) is 56.2 Å². The first-order valence-corrected chi connectivity index (χ1v) is 9.16. The summed E-state index contributed by atoms with van der Waals surface area (Å²) in [6.07, 6.45) is 0.772. The second kappa shape index (κ2) is 8.68. The third-order valence-corrected chi connectivity index (χ3v) is 4.62. The van der Waals surface area contributed by atoms with Gasteiger partial charge in [0.2, 0.25) is 0 Å². The topological polar surface area (TPSA) is 102 Å². The lowest BCUT2D eigenvalue weighted by atomic mass is 10.1. The third-order valence-electron chi connectivity index (χ3n) is 4.62. The molecule has 0 aromatic heterocycles. The number of hydrogen-bond acceptors (Lipinski definition) is 6. The minimum absolute atomic E-state index is 0.0129. The lowest BCUT2D eigenvalue weighted by molar-refractivity contribution is -0.384. The molecule has 1 aliphatic rings. The number of hydrogen-bond donors (Lipinski definition) is 1. The highest BCUT2D eigenvalue weighted by Gasteiger charge is 2.25. The van der Waals surface area contributed by atoms with E-state index >= 15 is 0 Å². The number of carbonyl (C=O) groups is 2. The number of anilines is 2. The lowest BCUT2D eigenvalue weighted by Crippen LogP contribution is -2.30. The Morgan fingerprint density at radius 2 is 1.83 bits per heavy atom. The van der Waals surface area contributed by atoms with E-state index in [1.165, 1.54) is 49.4 Å². The van der Waals surface area contributed by atoms with Crippen molar-refractivity contribution in [2.75, 3.05) is 23.3 Å². The van der Waals surface area contributed by atoms with Crippen LogP contribution in [-0.2, 0) is 9.53 Å². The maximum Gasteiger partial charge on any atom is 0.339 e. The van der Waals surface area contributed by atoms with Gasteiger partial charge in [0.05, 0.1) is 10.5 Å². The fourth-order valence-electron chi connectivity index (χ4n) is 3.08. The molecule has 9 heteroatoms. The number of halogens is 1. The van der Waals surface area contributed by atoms with Crippen molar-refractivity contribution in [3.63, 3.8) is 0 Å². The van der Waals surface area contributed by atoms with Gasteiger partial charge < -0.3 is 15.0 Å². The van der Waals surface area contributed by atoms with E-state index in [4.69, 9.17) is 4.74 Å².